The Morgan fingerprint density at radius 3 is 2.76 bits per heavy atom. The molecular weight excluding hydrogens is 284 g/mol. The van der Waals surface area contributed by atoms with Gasteiger partial charge in [0.15, 0.2) is 0 Å². The fraction of sp³-hybridized carbons (Fsp3) is 0.750. The summed E-state index contributed by atoms with van der Waals surface area (Å²) in [7, 11) is 2.27. The van der Waals surface area contributed by atoms with Gasteiger partial charge in [-0.1, -0.05) is 13.8 Å². The van der Waals surface area contributed by atoms with Crippen LogP contribution in [0.2, 0.25) is 0 Å². The van der Waals surface area contributed by atoms with E-state index in [-0.39, 0.29) is 0 Å². The van der Waals surface area contributed by atoms with E-state index in [1.54, 1.807) is 0 Å². The van der Waals surface area contributed by atoms with Crippen molar-refractivity contribution in [2.24, 2.45) is 0 Å². The molecule has 21 heavy (non-hydrogen) atoms. The molecule has 0 aliphatic carbocycles. The van der Waals surface area contributed by atoms with Crippen LogP contribution in [-0.2, 0) is 5.88 Å². The van der Waals surface area contributed by atoms with Gasteiger partial charge < -0.3 is 4.90 Å². The molecule has 2 saturated heterocycles. The van der Waals surface area contributed by atoms with Crippen LogP contribution < -0.4 is 4.90 Å². The summed E-state index contributed by atoms with van der Waals surface area (Å²) in [6.07, 6.45) is 5.86. The molecule has 2 aliphatic rings. The summed E-state index contributed by atoms with van der Waals surface area (Å²) in [6, 6.07) is 1.40. The Morgan fingerprint density at radius 1 is 1.29 bits per heavy atom. The van der Waals surface area contributed by atoms with E-state index in [2.05, 4.69) is 40.7 Å². The molecule has 2 atom stereocenters. The van der Waals surface area contributed by atoms with Crippen molar-refractivity contribution in [3.8, 4) is 0 Å². The van der Waals surface area contributed by atoms with Crippen LogP contribution in [0.5, 0.6) is 0 Å². The normalized spacial score (nSPS) is 26.4. The van der Waals surface area contributed by atoms with E-state index in [1.807, 2.05) is 6.20 Å². The Morgan fingerprint density at radius 2 is 2.05 bits per heavy atom. The van der Waals surface area contributed by atoms with Gasteiger partial charge in [0.2, 0.25) is 0 Å². The van der Waals surface area contributed by atoms with Crippen LogP contribution in [0.3, 0.4) is 0 Å². The number of anilines is 1. The second-order valence-corrected chi connectivity index (χ2v) is 6.90. The molecule has 0 amide bonds. The number of rotatable bonds is 3. The predicted molar refractivity (Wildman–Crippen MR) is 87.1 cm³/mol. The number of aromatic nitrogens is 2. The molecule has 5 heteroatoms. The molecule has 0 radical (unpaired) electrons. The van der Waals surface area contributed by atoms with E-state index in [1.165, 1.54) is 19.3 Å². The third kappa shape index (κ3) is 2.88. The Kier molecular flexibility index (Phi) is 4.36. The monoisotopic (exact) mass is 308 g/mol. The second kappa shape index (κ2) is 6.09. The molecule has 116 valence electrons. The number of alkyl halides is 1. The number of fused-ring (bicyclic) bond motifs is 2. The minimum absolute atomic E-state index is 0.340. The van der Waals surface area contributed by atoms with Crippen LogP contribution in [0, 0.1) is 0 Å². The lowest BCUT2D eigenvalue weighted by Gasteiger charge is -2.28. The molecule has 3 heterocycles. The summed E-state index contributed by atoms with van der Waals surface area (Å²) in [5.74, 6) is 1.69. The number of likely N-dealkylation sites (N-methyl/N-ethyl adjacent to an activating group) is 1. The van der Waals surface area contributed by atoms with Crippen LogP contribution in [0.1, 0.15) is 50.5 Å². The molecule has 2 fully saturated rings. The Hall–Kier alpha value is -0.870. The van der Waals surface area contributed by atoms with Crippen molar-refractivity contribution >= 4 is 17.3 Å². The summed E-state index contributed by atoms with van der Waals surface area (Å²) < 4.78 is 0. The molecule has 0 saturated carbocycles. The van der Waals surface area contributed by atoms with Crippen molar-refractivity contribution in [1.29, 1.82) is 0 Å². The molecule has 2 unspecified atom stereocenters. The minimum Gasteiger partial charge on any atom is -0.367 e. The van der Waals surface area contributed by atoms with Crippen LogP contribution in [0.4, 0.5) is 5.69 Å². The summed E-state index contributed by atoms with van der Waals surface area (Å²) >= 11 is 6.15. The van der Waals surface area contributed by atoms with Gasteiger partial charge in [-0.2, -0.15) is 0 Å². The molecule has 1 aromatic rings. The highest BCUT2D eigenvalue weighted by Gasteiger charge is 2.35. The molecule has 2 bridgehead atoms. The van der Waals surface area contributed by atoms with E-state index in [9.17, 15) is 0 Å². The molecule has 4 nitrogen and oxygen atoms in total. The third-order valence-electron chi connectivity index (χ3n) is 5.00. The van der Waals surface area contributed by atoms with E-state index >= 15 is 0 Å². The summed E-state index contributed by atoms with van der Waals surface area (Å²) in [4.78, 5) is 14.2. The Bertz CT molecular complexity index is 505. The lowest BCUT2D eigenvalue weighted by molar-refractivity contribution is 0.254. The highest BCUT2D eigenvalue weighted by atomic mass is 35.5. The standard InChI is InChI=1S/C16H25ClN4/c1-11(2)16-18-9-15(14(8-17)19-16)21-7-6-12-4-5-13(10-21)20(12)3/h9,11-13H,4-8,10H2,1-3H3. The van der Waals surface area contributed by atoms with Gasteiger partial charge in [0.1, 0.15) is 5.82 Å². The summed E-state index contributed by atoms with van der Waals surface area (Å²) in [6.45, 7) is 6.39. The van der Waals surface area contributed by atoms with Crippen LogP contribution >= 0.6 is 11.6 Å². The fourth-order valence-corrected chi connectivity index (χ4v) is 3.79. The van der Waals surface area contributed by atoms with Crippen molar-refractivity contribution < 1.29 is 0 Å². The maximum atomic E-state index is 6.15. The lowest BCUT2D eigenvalue weighted by atomic mass is 10.1. The quantitative estimate of drug-likeness (QED) is 0.804. The predicted octanol–water partition coefficient (Wildman–Crippen LogP) is 3.01. The van der Waals surface area contributed by atoms with Crippen molar-refractivity contribution in [2.45, 2.75) is 57.0 Å². The van der Waals surface area contributed by atoms with Gasteiger partial charge in [0.25, 0.3) is 0 Å². The molecule has 1 aromatic heterocycles. The highest BCUT2D eigenvalue weighted by molar-refractivity contribution is 6.17. The average molecular weight is 309 g/mol. The average Bonchev–Trinajstić information content (AvgIpc) is 2.71. The largest absolute Gasteiger partial charge is 0.367 e. The first kappa shape index (κ1) is 15.0. The van der Waals surface area contributed by atoms with Crippen LogP contribution in [-0.4, -0.2) is 47.1 Å². The number of hydrogen-bond acceptors (Lipinski definition) is 4. The topological polar surface area (TPSA) is 32.3 Å². The zero-order valence-corrected chi connectivity index (χ0v) is 14.0. The number of hydrogen-bond donors (Lipinski definition) is 0. The maximum Gasteiger partial charge on any atom is 0.131 e. The van der Waals surface area contributed by atoms with Crippen LogP contribution in [0.15, 0.2) is 6.20 Å². The molecule has 2 aliphatic heterocycles. The van der Waals surface area contributed by atoms with Gasteiger partial charge in [-0.05, 0) is 26.3 Å². The number of nitrogens with zero attached hydrogens (tertiary/aromatic N) is 4. The smallest absolute Gasteiger partial charge is 0.131 e. The minimum atomic E-state index is 0.340. The fourth-order valence-electron chi connectivity index (χ4n) is 3.59. The van der Waals surface area contributed by atoms with Crippen molar-refractivity contribution in [2.75, 3.05) is 25.0 Å². The summed E-state index contributed by atoms with van der Waals surface area (Å²) in [5.41, 5.74) is 2.12. The maximum absolute atomic E-state index is 6.15. The van der Waals surface area contributed by atoms with Gasteiger partial charge in [0.05, 0.1) is 23.5 Å². The third-order valence-corrected chi connectivity index (χ3v) is 5.25. The van der Waals surface area contributed by atoms with Gasteiger partial charge in [0, 0.05) is 31.1 Å². The van der Waals surface area contributed by atoms with Crippen LogP contribution in [0.25, 0.3) is 0 Å². The van der Waals surface area contributed by atoms with Gasteiger partial charge in [-0.15, -0.1) is 11.6 Å². The SMILES string of the molecule is CC(C)c1ncc(N2CCC3CCC(C2)N3C)c(CCl)n1. The lowest BCUT2D eigenvalue weighted by Crippen LogP contribution is -2.37. The molecule has 0 spiro atoms. The molecular formula is C16H25ClN4. The Balaban J connectivity index is 1.86. The molecule has 0 aromatic carbocycles. The van der Waals surface area contributed by atoms with Crippen molar-refractivity contribution in [3.05, 3.63) is 17.7 Å². The molecule has 0 N–H and O–H groups in total. The van der Waals surface area contributed by atoms with Gasteiger partial charge in [-0.3, -0.25) is 4.90 Å². The second-order valence-electron chi connectivity index (χ2n) is 6.63. The van der Waals surface area contributed by atoms with E-state index in [0.717, 1.165) is 36.3 Å². The van der Waals surface area contributed by atoms with Crippen molar-refractivity contribution in [1.82, 2.24) is 14.9 Å². The first-order chi connectivity index (χ1) is 10.1. The first-order valence-electron chi connectivity index (χ1n) is 7.98. The zero-order chi connectivity index (χ0) is 15.0. The van der Waals surface area contributed by atoms with Crippen molar-refractivity contribution in [3.63, 3.8) is 0 Å². The number of halogens is 1. The van der Waals surface area contributed by atoms with E-state index in [0.29, 0.717) is 17.8 Å². The van der Waals surface area contributed by atoms with E-state index < -0.39 is 0 Å². The highest BCUT2D eigenvalue weighted by Crippen LogP contribution is 2.32. The van der Waals surface area contributed by atoms with E-state index in [4.69, 9.17) is 11.6 Å². The Labute approximate surface area is 132 Å². The van der Waals surface area contributed by atoms with Gasteiger partial charge in [-0.25, -0.2) is 9.97 Å². The zero-order valence-electron chi connectivity index (χ0n) is 13.2. The molecule has 3 rings (SSSR count). The summed E-state index contributed by atoms with van der Waals surface area (Å²) in [5, 5.41) is 0. The first-order valence-corrected chi connectivity index (χ1v) is 8.52. The van der Waals surface area contributed by atoms with Gasteiger partial charge >= 0.3 is 0 Å².